The summed E-state index contributed by atoms with van der Waals surface area (Å²) >= 11 is 0. The number of anilines is 2. The molecule has 0 saturated heterocycles. The van der Waals surface area contributed by atoms with Gasteiger partial charge in [0.1, 0.15) is 17.1 Å². The van der Waals surface area contributed by atoms with Crippen LogP contribution in [0.2, 0.25) is 0 Å². The number of hydrogen-bond donors (Lipinski definition) is 2. The predicted molar refractivity (Wildman–Crippen MR) is 70.9 cm³/mol. The van der Waals surface area contributed by atoms with E-state index < -0.39 is 0 Å². The van der Waals surface area contributed by atoms with Gasteiger partial charge in [0, 0.05) is 5.69 Å². The first-order chi connectivity index (χ1) is 8.83. The lowest BCUT2D eigenvalue weighted by Gasteiger charge is -2.06. The summed E-state index contributed by atoms with van der Waals surface area (Å²) in [7, 11) is 0. The number of hydrogen-bond acceptors (Lipinski definition) is 4. The molecule has 3 aromatic rings. The topological polar surface area (TPSA) is 58.0 Å². The molecule has 0 radical (unpaired) electrons. The zero-order valence-corrected chi connectivity index (χ0v) is 9.54. The molecule has 0 spiro atoms. The van der Waals surface area contributed by atoms with Crippen LogP contribution in [0.25, 0.3) is 11.0 Å². The van der Waals surface area contributed by atoms with Crippen LogP contribution in [0.4, 0.5) is 11.5 Å². The van der Waals surface area contributed by atoms with Crippen molar-refractivity contribution in [2.24, 2.45) is 0 Å². The molecule has 1 aromatic heterocycles. The monoisotopic (exact) mass is 237 g/mol. The van der Waals surface area contributed by atoms with E-state index in [-0.39, 0.29) is 5.75 Å². The number of aromatic hydroxyl groups is 1. The van der Waals surface area contributed by atoms with Crippen LogP contribution in [0, 0.1) is 0 Å². The molecule has 0 aliphatic heterocycles. The average Bonchev–Trinajstić information content (AvgIpc) is 2.40. The highest BCUT2D eigenvalue weighted by Gasteiger charge is 2.03. The van der Waals surface area contributed by atoms with Gasteiger partial charge in [-0.15, -0.1) is 0 Å². The Bertz CT molecular complexity index is 683. The second-order valence-corrected chi connectivity index (χ2v) is 3.89. The van der Waals surface area contributed by atoms with Crippen LogP contribution in [-0.4, -0.2) is 15.1 Å². The van der Waals surface area contributed by atoms with Crippen LogP contribution in [0.3, 0.4) is 0 Å². The van der Waals surface area contributed by atoms with Gasteiger partial charge < -0.3 is 10.4 Å². The standard InChI is InChI=1S/C14H11N3O/c18-12-8-4-7-11-14(12)15-9-13(17-11)16-10-5-2-1-3-6-10/h1-9,18H,(H,16,17). The Labute approximate surface area is 104 Å². The van der Waals surface area contributed by atoms with Crippen molar-refractivity contribution in [3.05, 3.63) is 54.7 Å². The summed E-state index contributed by atoms with van der Waals surface area (Å²) < 4.78 is 0. The van der Waals surface area contributed by atoms with Crippen LogP contribution in [0.5, 0.6) is 5.75 Å². The van der Waals surface area contributed by atoms with Gasteiger partial charge in [-0.25, -0.2) is 9.97 Å². The quantitative estimate of drug-likeness (QED) is 0.719. The molecule has 0 unspecified atom stereocenters. The summed E-state index contributed by atoms with van der Waals surface area (Å²) in [4.78, 5) is 8.60. The largest absolute Gasteiger partial charge is 0.506 e. The average molecular weight is 237 g/mol. The number of phenolic OH excluding ortho intramolecular Hbond substituents is 1. The second-order valence-electron chi connectivity index (χ2n) is 3.89. The van der Waals surface area contributed by atoms with Crippen molar-refractivity contribution in [2.75, 3.05) is 5.32 Å². The number of nitrogens with one attached hydrogen (secondary N) is 1. The molecular weight excluding hydrogens is 226 g/mol. The fourth-order valence-corrected chi connectivity index (χ4v) is 1.76. The minimum absolute atomic E-state index is 0.145. The summed E-state index contributed by atoms with van der Waals surface area (Å²) in [5.74, 6) is 0.797. The molecule has 1 heterocycles. The smallest absolute Gasteiger partial charge is 0.149 e. The van der Waals surface area contributed by atoms with E-state index in [4.69, 9.17) is 0 Å². The van der Waals surface area contributed by atoms with E-state index in [2.05, 4.69) is 15.3 Å². The third-order valence-corrected chi connectivity index (χ3v) is 2.60. The molecule has 4 nitrogen and oxygen atoms in total. The Morgan fingerprint density at radius 3 is 2.61 bits per heavy atom. The maximum Gasteiger partial charge on any atom is 0.149 e. The Morgan fingerprint density at radius 2 is 1.78 bits per heavy atom. The highest BCUT2D eigenvalue weighted by Crippen LogP contribution is 2.22. The SMILES string of the molecule is Oc1cccc2nc(Nc3ccccc3)cnc12. The number of rotatable bonds is 2. The van der Waals surface area contributed by atoms with Gasteiger partial charge in [0.25, 0.3) is 0 Å². The maximum atomic E-state index is 9.63. The van der Waals surface area contributed by atoms with Gasteiger partial charge in [0.15, 0.2) is 0 Å². The molecule has 0 aliphatic carbocycles. The van der Waals surface area contributed by atoms with Crippen molar-refractivity contribution in [2.45, 2.75) is 0 Å². The zero-order valence-electron chi connectivity index (χ0n) is 9.54. The van der Waals surface area contributed by atoms with Crippen molar-refractivity contribution in [1.82, 2.24) is 9.97 Å². The van der Waals surface area contributed by atoms with Gasteiger partial charge in [0.05, 0.1) is 11.7 Å². The van der Waals surface area contributed by atoms with Crippen LogP contribution in [-0.2, 0) is 0 Å². The van der Waals surface area contributed by atoms with Crippen molar-refractivity contribution in [3.63, 3.8) is 0 Å². The summed E-state index contributed by atoms with van der Waals surface area (Å²) in [5, 5.41) is 12.8. The molecule has 0 atom stereocenters. The van der Waals surface area contributed by atoms with Gasteiger partial charge >= 0.3 is 0 Å². The molecule has 0 aliphatic rings. The van der Waals surface area contributed by atoms with E-state index in [0.29, 0.717) is 16.9 Å². The Kier molecular flexibility index (Phi) is 2.53. The number of aromatic nitrogens is 2. The Balaban J connectivity index is 1.99. The molecule has 0 fully saturated rings. The number of fused-ring (bicyclic) bond motifs is 1. The predicted octanol–water partition coefficient (Wildman–Crippen LogP) is 3.08. The number of para-hydroxylation sites is 2. The van der Waals surface area contributed by atoms with Crippen molar-refractivity contribution in [3.8, 4) is 5.75 Å². The molecule has 0 bridgehead atoms. The summed E-state index contributed by atoms with van der Waals surface area (Å²) in [6.45, 7) is 0. The van der Waals surface area contributed by atoms with Crippen molar-refractivity contribution >= 4 is 22.5 Å². The molecular formula is C14H11N3O. The molecule has 0 saturated carbocycles. The van der Waals surface area contributed by atoms with Gasteiger partial charge in [-0.05, 0) is 24.3 Å². The van der Waals surface area contributed by atoms with E-state index in [9.17, 15) is 5.11 Å². The first-order valence-corrected chi connectivity index (χ1v) is 5.60. The summed E-state index contributed by atoms with van der Waals surface area (Å²) in [5.41, 5.74) is 2.12. The van der Waals surface area contributed by atoms with E-state index in [0.717, 1.165) is 5.69 Å². The third kappa shape index (κ3) is 1.96. The molecule has 18 heavy (non-hydrogen) atoms. The lowest BCUT2D eigenvalue weighted by Crippen LogP contribution is -1.95. The highest BCUT2D eigenvalue weighted by atomic mass is 16.3. The van der Waals surface area contributed by atoms with E-state index >= 15 is 0 Å². The minimum atomic E-state index is 0.145. The lowest BCUT2D eigenvalue weighted by atomic mass is 10.3. The molecule has 3 rings (SSSR count). The highest BCUT2D eigenvalue weighted by molar-refractivity contribution is 5.81. The van der Waals surface area contributed by atoms with Gasteiger partial charge in [-0.1, -0.05) is 24.3 Å². The van der Waals surface area contributed by atoms with Gasteiger partial charge in [-0.2, -0.15) is 0 Å². The fraction of sp³-hybridized carbons (Fsp3) is 0. The minimum Gasteiger partial charge on any atom is -0.506 e. The van der Waals surface area contributed by atoms with Crippen LogP contribution in [0.1, 0.15) is 0 Å². The number of benzene rings is 2. The molecule has 88 valence electrons. The first kappa shape index (κ1) is 10.5. The third-order valence-electron chi connectivity index (χ3n) is 2.60. The van der Waals surface area contributed by atoms with E-state index in [1.165, 1.54) is 0 Å². The zero-order chi connectivity index (χ0) is 12.4. The van der Waals surface area contributed by atoms with Gasteiger partial charge in [-0.3, -0.25) is 0 Å². The van der Waals surface area contributed by atoms with Crippen LogP contribution >= 0.6 is 0 Å². The first-order valence-electron chi connectivity index (χ1n) is 5.60. The number of nitrogens with zero attached hydrogens (tertiary/aromatic N) is 2. The Hall–Kier alpha value is -2.62. The normalized spacial score (nSPS) is 10.4. The van der Waals surface area contributed by atoms with Gasteiger partial charge in [0.2, 0.25) is 0 Å². The van der Waals surface area contributed by atoms with Crippen molar-refractivity contribution in [1.29, 1.82) is 0 Å². The summed E-state index contributed by atoms with van der Waals surface area (Å²) in [6, 6.07) is 14.9. The second kappa shape index (κ2) is 4.33. The van der Waals surface area contributed by atoms with E-state index in [1.807, 2.05) is 36.4 Å². The van der Waals surface area contributed by atoms with Crippen LogP contribution in [0.15, 0.2) is 54.7 Å². The number of phenols is 1. The summed E-state index contributed by atoms with van der Waals surface area (Å²) in [6.07, 6.45) is 1.61. The lowest BCUT2D eigenvalue weighted by molar-refractivity contribution is 0.480. The van der Waals surface area contributed by atoms with Crippen LogP contribution < -0.4 is 5.32 Å². The fourth-order valence-electron chi connectivity index (χ4n) is 1.76. The molecule has 0 amide bonds. The van der Waals surface area contributed by atoms with E-state index in [1.54, 1.807) is 18.3 Å². The molecule has 2 N–H and O–H groups in total. The molecule has 2 aromatic carbocycles. The maximum absolute atomic E-state index is 9.63. The molecule has 4 heteroatoms. The van der Waals surface area contributed by atoms with Crippen molar-refractivity contribution < 1.29 is 5.11 Å². The Morgan fingerprint density at radius 1 is 0.944 bits per heavy atom.